The van der Waals surface area contributed by atoms with Gasteiger partial charge in [0, 0.05) is 23.8 Å². The number of nitrogen functional groups attached to an aromatic ring is 1. The fourth-order valence-corrected chi connectivity index (χ4v) is 2.67. The van der Waals surface area contributed by atoms with E-state index in [-0.39, 0.29) is 23.1 Å². The van der Waals surface area contributed by atoms with Crippen LogP contribution in [0.2, 0.25) is 0 Å². The van der Waals surface area contributed by atoms with Crippen molar-refractivity contribution in [2.24, 2.45) is 5.41 Å². The summed E-state index contributed by atoms with van der Waals surface area (Å²) >= 11 is 0. The molecular weight excluding hydrogens is 256 g/mol. The number of carboxylic acid groups (broad SMARTS) is 1. The molecule has 2 rings (SSSR count). The highest BCUT2D eigenvalue weighted by atomic mass is 16.5. The molecular formula is C15H22N2O3. The minimum atomic E-state index is -0.953. The summed E-state index contributed by atoms with van der Waals surface area (Å²) in [7, 11) is 0. The molecule has 0 radical (unpaired) electrons. The number of nitrogens with one attached hydrogen (secondary N) is 1. The number of ether oxygens (including phenoxy) is 1. The molecule has 0 spiro atoms. The van der Waals surface area contributed by atoms with E-state index >= 15 is 0 Å². The van der Waals surface area contributed by atoms with Crippen LogP contribution in [0.3, 0.4) is 0 Å². The van der Waals surface area contributed by atoms with Crippen LogP contribution in [-0.2, 0) is 4.74 Å². The standard InChI is InChI=1S/C15H22N2O3/c1-4-20-13-8-12(15(13,2)3)17-11-7-9(16)5-6-10(11)14(18)19/h5-7,12-13,17H,4,8,16H2,1-3H3,(H,18,19). The van der Waals surface area contributed by atoms with Crippen LogP contribution >= 0.6 is 0 Å². The second kappa shape index (κ2) is 5.32. The van der Waals surface area contributed by atoms with E-state index in [1.54, 1.807) is 12.1 Å². The largest absolute Gasteiger partial charge is 0.478 e. The molecule has 5 heteroatoms. The predicted molar refractivity (Wildman–Crippen MR) is 79.0 cm³/mol. The van der Waals surface area contributed by atoms with Gasteiger partial charge >= 0.3 is 5.97 Å². The van der Waals surface area contributed by atoms with Gasteiger partial charge in [0.1, 0.15) is 0 Å². The minimum Gasteiger partial charge on any atom is -0.478 e. The Kier molecular flexibility index (Phi) is 3.90. The zero-order valence-electron chi connectivity index (χ0n) is 12.1. The summed E-state index contributed by atoms with van der Waals surface area (Å²) in [6.07, 6.45) is 1.08. The van der Waals surface area contributed by atoms with Gasteiger partial charge in [-0.05, 0) is 31.5 Å². The van der Waals surface area contributed by atoms with Gasteiger partial charge in [-0.2, -0.15) is 0 Å². The lowest BCUT2D eigenvalue weighted by Gasteiger charge is -2.52. The van der Waals surface area contributed by atoms with Crippen LogP contribution in [0, 0.1) is 5.41 Å². The van der Waals surface area contributed by atoms with Crippen molar-refractivity contribution in [3.05, 3.63) is 23.8 Å². The first-order valence-corrected chi connectivity index (χ1v) is 6.87. The number of carbonyl (C=O) groups is 1. The fraction of sp³-hybridized carbons (Fsp3) is 0.533. The Balaban J connectivity index is 2.16. The summed E-state index contributed by atoms with van der Waals surface area (Å²) in [5.74, 6) is -0.953. The monoisotopic (exact) mass is 278 g/mol. The van der Waals surface area contributed by atoms with Crippen LogP contribution in [0.1, 0.15) is 37.6 Å². The second-order valence-electron chi connectivity index (χ2n) is 5.81. The Bertz CT molecular complexity index is 514. The zero-order chi connectivity index (χ0) is 14.9. The van der Waals surface area contributed by atoms with Gasteiger partial charge in [0.25, 0.3) is 0 Å². The molecule has 1 aliphatic rings. The third-order valence-electron chi connectivity index (χ3n) is 4.15. The molecule has 1 aliphatic carbocycles. The maximum absolute atomic E-state index is 11.2. The number of anilines is 2. The van der Waals surface area contributed by atoms with Crippen LogP contribution in [0.15, 0.2) is 18.2 Å². The van der Waals surface area contributed by atoms with E-state index in [0.717, 1.165) is 6.42 Å². The molecule has 0 bridgehead atoms. The van der Waals surface area contributed by atoms with Crippen molar-refractivity contribution in [3.63, 3.8) is 0 Å². The van der Waals surface area contributed by atoms with Gasteiger partial charge in [-0.1, -0.05) is 13.8 Å². The van der Waals surface area contributed by atoms with Crippen molar-refractivity contribution in [3.8, 4) is 0 Å². The van der Waals surface area contributed by atoms with Gasteiger partial charge in [0.2, 0.25) is 0 Å². The van der Waals surface area contributed by atoms with Crippen molar-refractivity contribution in [1.82, 2.24) is 0 Å². The molecule has 0 aliphatic heterocycles. The Morgan fingerprint density at radius 1 is 1.55 bits per heavy atom. The Hall–Kier alpha value is -1.75. The van der Waals surface area contributed by atoms with E-state index in [9.17, 15) is 9.90 Å². The molecule has 2 atom stereocenters. The first kappa shape index (κ1) is 14.7. The van der Waals surface area contributed by atoms with E-state index in [4.69, 9.17) is 10.5 Å². The van der Waals surface area contributed by atoms with Crippen molar-refractivity contribution >= 4 is 17.3 Å². The lowest BCUT2D eigenvalue weighted by molar-refractivity contribution is -0.0976. The molecule has 5 nitrogen and oxygen atoms in total. The Morgan fingerprint density at radius 2 is 2.25 bits per heavy atom. The summed E-state index contributed by atoms with van der Waals surface area (Å²) in [6, 6.07) is 4.99. The Labute approximate surface area is 119 Å². The summed E-state index contributed by atoms with van der Waals surface area (Å²) in [5, 5.41) is 12.5. The van der Waals surface area contributed by atoms with Crippen LogP contribution in [-0.4, -0.2) is 29.8 Å². The number of aromatic carboxylic acids is 1. The van der Waals surface area contributed by atoms with Crippen LogP contribution in [0.25, 0.3) is 0 Å². The minimum absolute atomic E-state index is 0.0314. The SMILES string of the molecule is CCOC1CC(Nc2cc(N)ccc2C(=O)O)C1(C)C. The molecule has 2 unspecified atom stereocenters. The average Bonchev–Trinajstić information content (AvgIpc) is 2.37. The van der Waals surface area contributed by atoms with E-state index in [1.807, 2.05) is 6.92 Å². The van der Waals surface area contributed by atoms with Gasteiger partial charge in [-0.25, -0.2) is 4.79 Å². The van der Waals surface area contributed by atoms with Gasteiger partial charge in [0.15, 0.2) is 0 Å². The topological polar surface area (TPSA) is 84.6 Å². The van der Waals surface area contributed by atoms with Crippen molar-refractivity contribution in [2.75, 3.05) is 17.7 Å². The smallest absolute Gasteiger partial charge is 0.337 e. The Morgan fingerprint density at radius 3 is 2.80 bits per heavy atom. The summed E-state index contributed by atoms with van der Waals surface area (Å²) < 4.78 is 5.68. The number of carboxylic acids is 1. The number of hydrogen-bond donors (Lipinski definition) is 3. The third-order valence-corrected chi connectivity index (χ3v) is 4.15. The van der Waals surface area contributed by atoms with Crippen LogP contribution < -0.4 is 11.1 Å². The first-order chi connectivity index (χ1) is 9.36. The first-order valence-electron chi connectivity index (χ1n) is 6.87. The van der Waals surface area contributed by atoms with Crippen molar-refractivity contribution in [1.29, 1.82) is 0 Å². The van der Waals surface area contributed by atoms with E-state index in [1.165, 1.54) is 6.07 Å². The molecule has 20 heavy (non-hydrogen) atoms. The van der Waals surface area contributed by atoms with Crippen LogP contribution in [0.5, 0.6) is 0 Å². The lowest BCUT2D eigenvalue weighted by atomic mass is 9.64. The summed E-state index contributed by atoms with van der Waals surface area (Å²) in [5.41, 5.74) is 7.09. The molecule has 0 amide bonds. The average molecular weight is 278 g/mol. The summed E-state index contributed by atoms with van der Waals surface area (Å²) in [4.78, 5) is 11.2. The lowest BCUT2D eigenvalue weighted by Crippen LogP contribution is -2.58. The molecule has 1 fully saturated rings. The number of hydrogen-bond acceptors (Lipinski definition) is 4. The third kappa shape index (κ3) is 2.58. The highest BCUT2D eigenvalue weighted by Gasteiger charge is 2.49. The van der Waals surface area contributed by atoms with E-state index in [0.29, 0.717) is 18.0 Å². The van der Waals surface area contributed by atoms with Crippen molar-refractivity contribution in [2.45, 2.75) is 39.3 Å². The summed E-state index contributed by atoms with van der Waals surface area (Å²) in [6.45, 7) is 6.93. The predicted octanol–water partition coefficient (Wildman–Crippen LogP) is 2.58. The maximum Gasteiger partial charge on any atom is 0.337 e. The van der Waals surface area contributed by atoms with Gasteiger partial charge < -0.3 is 20.9 Å². The number of rotatable bonds is 5. The van der Waals surface area contributed by atoms with Crippen molar-refractivity contribution < 1.29 is 14.6 Å². The molecule has 4 N–H and O–H groups in total. The fourth-order valence-electron chi connectivity index (χ4n) is 2.67. The zero-order valence-corrected chi connectivity index (χ0v) is 12.1. The molecule has 0 saturated heterocycles. The normalized spacial score (nSPS) is 23.9. The maximum atomic E-state index is 11.2. The number of nitrogens with two attached hydrogens (primary N) is 1. The highest BCUT2D eigenvalue weighted by molar-refractivity contribution is 5.95. The molecule has 1 aromatic rings. The number of benzene rings is 1. The molecule has 110 valence electrons. The highest BCUT2D eigenvalue weighted by Crippen LogP contribution is 2.44. The molecule has 1 saturated carbocycles. The quantitative estimate of drug-likeness (QED) is 0.721. The molecule has 0 heterocycles. The van der Waals surface area contributed by atoms with Gasteiger partial charge in [-0.15, -0.1) is 0 Å². The van der Waals surface area contributed by atoms with Gasteiger partial charge in [0.05, 0.1) is 17.4 Å². The van der Waals surface area contributed by atoms with Crippen LogP contribution in [0.4, 0.5) is 11.4 Å². The second-order valence-corrected chi connectivity index (χ2v) is 5.81. The van der Waals surface area contributed by atoms with Gasteiger partial charge in [-0.3, -0.25) is 0 Å². The molecule has 0 aromatic heterocycles. The van der Waals surface area contributed by atoms with E-state index < -0.39 is 5.97 Å². The van der Waals surface area contributed by atoms with E-state index in [2.05, 4.69) is 19.2 Å². The molecule has 1 aromatic carbocycles.